The lowest BCUT2D eigenvalue weighted by Crippen LogP contribution is -1.99. The maximum absolute atomic E-state index is 5.82. The highest BCUT2D eigenvalue weighted by Gasteiger charge is 2.05. The van der Waals surface area contributed by atoms with Crippen LogP contribution in [0.25, 0.3) is 0 Å². The molecule has 0 radical (unpaired) electrons. The SMILES string of the molecule is Cc1ccc(Nc2ncc(Cl)cc2N)c(Br)c1. The molecular formula is C12H11BrClN3. The molecule has 0 aliphatic rings. The van der Waals surface area contributed by atoms with Crippen LogP contribution >= 0.6 is 27.5 Å². The van der Waals surface area contributed by atoms with Gasteiger partial charge in [0, 0.05) is 10.7 Å². The Morgan fingerprint density at radius 1 is 1.35 bits per heavy atom. The molecule has 0 saturated heterocycles. The second-order valence-electron chi connectivity index (χ2n) is 3.70. The molecule has 0 unspecified atom stereocenters. The Balaban J connectivity index is 2.31. The molecular weight excluding hydrogens is 302 g/mol. The van der Waals surface area contributed by atoms with Crippen LogP contribution in [-0.2, 0) is 0 Å². The molecule has 88 valence electrons. The maximum Gasteiger partial charge on any atom is 0.153 e. The molecule has 0 saturated carbocycles. The van der Waals surface area contributed by atoms with Gasteiger partial charge in [0.2, 0.25) is 0 Å². The number of halogens is 2. The average Bonchev–Trinajstić information content (AvgIpc) is 2.25. The lowest BCUT2D eigenvalue weighted by Gasteiger charge is -2.10. The third-order valence-electron chi connectivity index (χ3n) is 2.26. The van der Waals surface area contributed by atoms with Gasteiger partial charge in [-0.1, -0.05) is 17.7 Å². The Labute approximate surface area is 113 Å². The topological polar surface area (TPSA) is 50.9 Å². The number of nitrogens with two attached hydrogens (primary N) is 1. The lowest BCUT2D eigenvalue weighted by molar-refractivity contribution is 1.30. The number of nitrogens with zero attached hydrogens (tertiary/aromatic N) is 1. The molecule has 0 spiro atoms. The highest BCUT2D eigenvalue weighted by atomic mass is 79.9. The first-order valence-corrected chi connectivity index (χ1v) is 6.17. The number of pyridine rings is 1. The van der Waals surface area contributed by atoms with E-state index in [0.717, 1.165) is 10.2 Å². The number of aromatic nitrogens is 1. The molecule has 0 aliphatic heterocycles. The first-order valence-electron chi connectivity index (χ1n) is 5.00. The van der Waals surface area contributed by atoms with Gasteiger partial charge in [0.1, 0.15) is 0 Å². The van der Waals surface area contributed by atoms with Gasteiger partial charge in [-0.2, -0.15) is 0 Å². The largest absolute Gasteiger partial charge is 0.396 e. The summed E-state index contributed by atoms with van der Waals surface area (Å²) in [6, 6.07) is 7.67. The quantitative estimate of drug-likeness (QED) is 0.876. The number of hydrogen-bond donors (Lipinski definition) is 2. The van der Waals surface area contributed by atoms with Gasteiger partial charge >= 0.3 is 0 Å². The van der Waals surface area contributed by atoms with Crippen molar-refractivity contribution in [3.05, 3.63) is 45.5 Å². The van der Waals surface area contributed by atoms with Gasteiger partial charge < -0.3 is 11.1 Å². The zero-order valence-corrected chi connectivity index (χ0v) is 11.5. The predicted octanol–water partition coefficient (Wildman–Crippen LogP) is 4.13. The lowest BCUT2D eigenvalue weighted by atomic mass is 10.2. The fourth-order valence-electron chi connectivity index (χ4n) is 1.41. The van der Waals surface area contributed by atoms with E-state index in [-0.39, 0.29) is 0 Å². The molecule has 1 aromatic heterocycles. The first-order chi connectivity index (χ1) is 8.06. The van der Waals surface area contributed by atoms with Crippen LogP contribution in [0.5, 0.6) is 0 Å². The van der Waals surface area contributed by atoms with Crippen molar-refractivity contribution < 1.29 is 0 Å². The number of rotatable bonds is 2. The van der Waals surface area contributed by atoms with Crippen LogP contribution in [0.2, 0.25) is 5.02 Å². The van der Waals surface area contributed by atoms with Crippen LogP contribution in [0.3, 0.4) is 0 Å². The van der Waals surface area contributed by atoms with Crippen molar-refractivity contribution in [1.29, 1.82) is 0 Å². The zero-order chi connectivity index (χ0) is 12.4. The van der Waals surface area contributed by atoms with Crippen molar-refractivity contribution in [2.45, 2.75) is 6.92 Å². The van der Waals surface area contributed by atoms with Crippen LogP contribution in [0, 0.1) is 6.92 Å². The number of benzene rings is 1. The number of hydrogen-bond acceptors (Lipinski definition) is 3. The van der Waals surface area contributed by atoms with E-state index in [1.807, 2.05) is 25.1 Å². The van der Waals surface area contributed by atoms with Crippen LogP contribution in [0.4, 0.5) is 17.2 Å². The van der Waals surface area contributed by atoms with E-state index in [1.54, 1.807) is 12.3 Å². The first kappa shape index (κ1) is 12.2. The predicted molar refractivity (Wildman–Crippen MR) is 75.8 cm³/mol. The number of nitrogen functional groups attached to an aromatic ring is 1. The minimum Gasteiger partial charge on any atom is -0.396 e. The highest BCUT2D eigenvalue weighted by molar-refractivity contribution is 9.10. The Kier molecular flexibility index (Phi) is 3.54. The van der Waals surface area contributed by atoms with E-state index in [0.29, 0.717) is 16.5 Å². The Morgan fingerprint density at radius 3 is 2.76 bits per heavy atom. The molecule has 0 atom stereocenters. The summed E-state index contributed by atoms with van der Waals surface area (Å²) in [6.07, 6.45) is 1.56. The monoisotopic (exact) mass is 311 g/mol. The van der Waals surface area contributed by atoms with Crippen LogP contribution in [0.1, 0.15) is 5.56 Å². The van der Waals surface area contributed by atoms with Crippen molar-refractivity contribution in [2.24, 2.45) is 0 Å². The maximum atomic E-state index is 5.82. The zero-order valence-electron chi connectivity index (χ0n) is 9.17. The molecule has 0 fully saturated rings. The fourth-order valence-corrected chi connectivity index (χ4v) is 2.17. The number of nitrogens with one attached hydrogen (secondary N) is 1. The van der Waals surface area contributed by atoms with E-state index in [2.05, 4.69) is 26.2 Å². The molecule has 0 aliphatic carbocycles. The summed E-state index contributed by atoms with van der Waals surface area (Å²) in [5.74, 6) is 0.596. The van der Waals surface area contributed by atoms with Gasteiger partial charge in [0.25, 0.3) is 0 Å². The van der Waals surface area contributed by atoms with Gasteiger partial charge in [-0.15, -0.1) is 0 Å². The fraction of sp³-hybridized carbons (Fsp3) is 0.0833. The number of anilines is 3. The summed E-state index contributed by atoms with van der Waals surface area (Å²) in [6.45, 7) is 2.03. The van der Waals surface area contributed by atoms with E-state index >= 15 is 0 Å². The minimum atomic E-state index is 0.518. The molecule has 1 aromatic carbocycles. The normalized spacial score (nSPS) is 10.3. The Bertz CT molecular complexity index is 508. The van der Waals surface area contributed by atoms with Crippen molar-refractivity contribution in [2.75, 3.05) is 11.1 Å². The third kappa shape index (κ3) is 2.90. The third-order valence-corrected chi connectivity index (χ3v) is 3.12. The summed E-state index contributed by atoms with van der Waals surface area (Å²) in [4.78, 5) is 4.15. The van der Waals surface area contributed by atoms with Gasteiger partial charge in [0.15, 0.2) is 5.82 Å². The molecule has 17 heavy (non-hydrogen) atoms. The van der Waals surface area contributed by atoms with E-state index in [4.69, 9.17) is 17.3 Å². The summed E-state index contributed by atoms with van der Waals surface area (Å²) in [7, 11) is 0. The molecule has 1 heterocycles. The second kappa shape index (κ2) is 4.94. The van der Waals surface area contributed by atoms with Gasteiger partial charge in [-0.05, 0) is 46.6 Å². The van der Waals surface area contributed by atoms with Crippen molar-refractivity contribution in [3.63, 3.8) is 0 Å². The second-order valence-corrected chi connectivity index (χ2v) is 4.99. The van der Waals surface area contributed by atoms with Crippen molar-refractivity contribution >= 4 is 44.7 Å². The Morgan fingerprint density at radius 2 is 2.12 bits per heavy atom. The molecule has 3 N–H and O–H groups in total. The summed E-state index contributed by atoms with van der Waals surface area (Å²) < 4.78 is 0.966. The molecule has 2 aromatic rings. The summed E-state index contributed by atoms with van der Waals surface area (Å²) >= 11 is 9.28. The number of aryl methyl sites for hydroxylation is 1. The van der Waals surface area contributed by atoms with Crippen LogP contribution in [-0.4, -0.2) is 4.98 Å². The van der Waals surface area contributed by atoms with Crippen LogP contribution in [0.15, 0.2) is 34.9 Å². The van der Waals surface area contributed by atoms with E-state index in [9.17, 15) is 0 Å². The molecule has 0 amide bonds. The van der Waals surface area contributed by atoms with Crippen molar-refractivity contribution in [1.82, 2.24) is 4.98 Å². The Hall–Kier alpha value is -1.26. The molecule has 2 rings (SSSR count). The van der Waals surface area contributed by atoms with Crippen molar-refractivity contribution in [3.8, 4) is 0 Å². The van der Waals surface area contributed by atoms with Gasteiger partial charge in [0.05, 0.1) is 16.4 Å². The average molecular weight is 313 g/mol. The minimum absolute atomic E-state index is 0.518. The smallest absolute Gasteiger partial charge is 0.153 e. The highest BCUT2D eigenvalue weighted by Crippen LogP contribution is 2.29. The standard InChI is InChI=1S/C12H11BrClN3/c1-7-2-3-11(9(13)4-7)17-12-10(15)5-8(14)6-16-12/h2-6H,15H2,1H3,(H,16,17). The molecule has 0 bridgehead atoms. The molecule has 5 heteroatoms. The summed E-state index contributed by atoms with van der Waals surface area (Å²) in [5, 5.41) is 3.68. The van der Waals surface area contributed by atoms with Gasteiger partial charge in [-0.3, -0.25) is 0 Å². The van der Waals surface area contributed by atoms with E-state index in [1.165, 1.54) is 5.56 Å². The van der Waals surface area contributed by atoms with E-state index < -0.39 is 0 Å². The summed E-state index contributed by atoms with van der Waals surface area (Å²) in [5.41, 5.74) is 8.44. The van der Waals surface area contributed by atoms with Crippen LogP contribution < -0.4 is 11.1 Å². The molecule has 3 nitrogen and oxygen atoms in total. The van der Waals surface area contributed by atoms with Gasteiger partial charge in [-0.25, -0.2) is 4.98 Å².